The zero-order valence-electron chi connectivity index (χ0n) is 73.5. The Balaban J connectivity index is 0.000000136. The molecular weight excluding hydrogens is 1660 g/mol. The number of anilines is 12. The maximum atomic E-state index is 6.37. The number of ether oxygens (including phenoxy) is 2. The molecule has 4 aliphatic carbocycles. The van der Waals surface area contributed by atoms with Crippen LogP contribution in [0.3, 0.4) is 0 Å². The predicted molar refractivity (Wildman–Crippen MR) is 562 cm³/mol. The van der Waals surface area contributed by atoms with Gasteiger partial charge in [0.1, 0.15) is 0 Å². The molecule has 8 heterocycles. The molecule has 0 saturated heterocycles. The molecular formula is C122H88B4N4O2S2. The zero-order valence-corrected chi connectivity index (χ0v) is 75.2. The molecule has 12 aliphatic rings. The van der Waals surface area contributed by atoms with Crippen molar-refractivity contribution in [3.63, 3.8) is 0 Å². The fraction of sp³-hybridized carbons (Fsp3) is 0.0820. The van der Waals surface area contributed by atoms with Gasteiger partial charge in [0.05, 0.1) is 45.5 Å². The number of hydrogen-bond donors (Lipinski definition) is 0. The lowest BCUT2D eigenvalue weighted by atomic mass is 9.19. The average molecular weight is 1750 g/mol. The molecule has 8 aliphatic heterocycles. The van der Waals surface area contributed by atoms with Gasteiger partial charge in [-0.2, -0.15) is 0 Å². The maximum Gasteiger partial charge on any atom is 0.217 e. The second kappa shape index (κ2) is 32.0. The minimum Gasteiger partial charge on any atom is -0.453 e. The lowest BCUT2D eigenvalue weighted by molar-refractivity contribution is 0.281. The SMILES string of the molecule is C1=CC2B(c3ccc(N4c5ccccc5Oc5ccccc54)cc3)c3ccccc3C3(c4ccccc4B(c4ccc(N5c6ccccc6Oc6ccccc65)cc4)C4C=CC=CC43)C2C=C1.C1=CC2B(c3ccc(N4c5ccccc5Sc5ccccc54)cc3)c3ccccc3C3(c4ccccc4B(c4ccc(N5c6ccccc6Sc6ccccc65)cc4)C4C=CC=CC43)C2C=C1. The molecule has 0 bridgehead atoms. The fourth-order valence-electron chi connectivity index (χ4n) is 26.0. The molecule has 0 saturated carbocycles. The van der Waals surface area contributed by atoms with Gasteiger partial charge in [-0.15, -0.1) is 0 Å². The summed E-state index contributed by atoms with van der Waals surface area (Å²) in [6.45, 7) is 0.726. The normalized spacial score (nSPS) is 22.1. The molecule has 0 fully saturated rings. The van der Waals surface area contributed by atoms with Gasteiger partial charge in [0.2, 0.25) is 26.9 Å². The van der Waals surface area contributed by atoms with Gasteiger partial charge in [-0.05, 0) is 215 Å². The van der Waals surface area contributed by atoms with Crippen molar-refractivity contribution in [1.82, 2.24) is 0 Å². The van der Waals surface area contributed by atoms with Gasteiger partial charge >= 0.3 is 0 Å². The minimum atomic E-state index is -0.305. The second-order valence-corrected chi connectivity index (χ2v) is 39.5. The second-order valence-electron chi connectivity index (χ2n) is 37.3. The van der Waals surface area contributed by atoms with Crippen LogP contribution in [0, 0.1) is 23.7 Å². The summed E-state index contributed by atoms with van der Waals surface area (Å²) < 4.78 is 12.7. The van der Waals surface area contributed by atoms with Crippen LogP contribution in [0.2, 0.25) is 23.3 Å². The quantitative estimate of drug-likeness (QED) is 0.139. The molecule has 16 aromatic carbocycles. The van der Waals surface area contributed by atoms with Crippen LogP contribution < -0.4 is 72.8 Å². The van der Waals surface area contributed by atoms with Crippen LogP contribution in [0.5, 0.6) is 23.0 Å². The van der Waals surface area contributed by atoms with Crippen LogP contribution in [0.1, 0.15) is 22.3 Å². The van der Waals surface area contributed by atoms with E-state index < -0.39 is 0 Å². The Bertz CT molecular complexity index is 6610. The van der Waals surface area contributed by atoms with Gasteiger partial charge in [0, 0.05) is 53.2 Å². The number of fused-ring (bicyclic) bond motifs is 24. The van der Waals surface area contributed by atoms with E-state index in [1.807, 2.05) is 47.8 Å². The van der Waals surface area contributed by atoms with Crippen molar-refractivity contribution in [3.8, 4) is 23.0 Å². The minimum absolute atomic E-state index is 0.167. The van der Waals surface area contributed by atoms with E-state index in [1.165, 1.54) is 120 Å². The van der Waals surface area contributed by atoms with Crippen molar-refractivity contribution in [2.24, 2.45) is 23.7 Å². The third-order valence-electron chi connectivity index (χ3n) is 31.1. The lowest BCUT2D eigenvalue weighted by Gasteiger charge is -2.59. The first-order valence-electron chi connectivity index (χ1n) is 47.3. The first-order chi connectivity index (χ1) is 66.5. The van der Waals surface area contributed by atoms with Crippen molar-refractivity contribution in [2.45, 2.75) is 53.7 Å². The highest BCUT2D eigenvalue weighted by Gasteiger charge is 2.64. The van der Waals surface area contributed by atoms with E-state index in [9.17, 15) is 0 Å². The van der Waals surface area contributed by atoms with Crippen molar-refractivity contribution >= 4 is 162 Å². The standard InChI is InChI=1S/C61H44B2N2O2.C61H44B2N2S2/c2*1-5-21-49-45(17-1)61(46-18-2-6-22-50(46)62(49)41-33-37-43(38-34-41)64-53-25-9-13-29-57(53)66-58-30-14-10-26-54(58)64)47-19-3-7-23-51(47)63(52-24-8-4-20-48(52)61)42-35-39-44(40-36-42)65-55-27-11-15-31-59(55)67-60-32-16-12-28-56(60)65/h2*1-40,45,47,49,51H. The van der Waals surface area contributed by atoms with Crippen molar-refractivity contribution in [3.05, 3.63) is 508 Å². The van der Waals surface area contributed by atoms with Crippen LogP contribution in [-0.4, -0.2) is 26.9 Å². The Morgan fingerprint density at radius 2 is 0.388 bits per heavy atom. The Labute approximate surface area is 793 Å². The molecule has 28 rings (SSSR count). The molecule has 8 unspecified atom stereocenters. The third kappa shape index (κ3) is 12.1. The third-order valence-corrected chi connectivity index (χ3v) is 33.4. The van der Waals surface area contributed by atoms with Crippen LogP contribution in [-0.2, 0) is 10.8 Å². The van der Waals surface area contributed by atoms with Crippen molar-refractivity contribution in [2.75, 3.05) is 19.6 Å². The van der Waals surface area contributed by atoms with E-state index in [0.29, 0.717) is 0 Å². The summed E-state index contributed by atoms with van der Waals surface area (Å²) in [4.78, 5) is 14.7. The van der Waals surface area contributed by atoms with E-state index >= 15 is 0 Å². The van der Waals surface area contributed by atoms with Gasteiger partial charge < -0.3 is 29.1 Å². The fourth-order valence-corrected chi connectivity index (χ4v) is 28.1. The molecule has 6 nitrogen and oxygen atoms in total. The zero-order chi connectivity index (χ0) is 88.1. The predicted octanol–water partition coefficient (Wildman–Crippen LogP) is 25.9. The lowest BCUT2D eigenvalue weighted by Crippen LogP contribution is -2.67. The summed E-state index contributed by atoms with van der Waals surface area (Å²) in [5.41, 5.74) is 30.1. The summed E-state index contributed by atoms with van der Waals surface area (Å²) in [5.74, 6) is 5.34. The first kappa shape index (κ1) is 79.0. The Hall–Kier alpha value is -14.8. The smallest absolute Gasteiger partial charge is 0.217 e. The molecule has 0 aromatic heterocycles. The summed E-state index contributed by atoms with van der Waals surface area (Å²) >= 11 is 3.72. The summed E-state index contributed by atoms with van der Waals surface area (Å²) in [5, 5.41) is 0. The average Bonchev–Trinajstić information content (AvgIpc) is 0.677. The summed E-state index contributed by atoms with van der Waals surface area (Å²) in [6, 6.07) is 144. The monoisotopic (exact) mass is 1750 g/mol. The van der Waals surface area contributed by atoms with Gasteiger partial charge in [-0.3, -0.25) is 0 Å². The highest BCUT2D eigenvalue weighted by atomic mass is 32.2. The molecule has 8 atom stereocenters. The molecule has 0 radical (unpaired) electrons. The van der Waals surface area contributed by atoms with Gasteiger partial charge in [-0.1, -0.05) is 407 Å². The van der Waals surface area contributed by atoms with Crippen LogP contribution in [0.15, 0.2) is 505 Å². The van der Waals surface area contributed by atoms with Crippen LogP contribution >= 0.6 is 23.5 Å². The molecule has 16 aromatic rings. The van der Waals surface area contributed by atoms with Crippen LogP contribution in [0.4, 0.5) is 68.2 Å². The van der Waals surface area contributed by atoms with Crippen LogP contribution in [0.25, 0.3) is 0 Å². The highest BCUT2D eigenvalue weighted by Crippen LogP contribution is 2.65. The first-order valence-corrected chi connectivity index (χ1v) is 49.0. The number of rotatable bonds is 8. The maximum absolute atomic E-state index is 6.37. The number of benzene rings is 16. The molecule has 134 heavy (non-hydrogen) atoms. The Morgan fingerprint density at radius 3 is 0.634 bits per heavy atom. The summed E-state index contributed by atoms with van der Waals surface area (Å²) in [7, 11) is 0. The number of para-hydroxylation sites is 12. The Kier molecular flexibility index (Phi) is 18.9. The molecule has 632 valence electrons. The van der Waals surface area contributed by atoms with E-state index in [2.05, 4.69) is 481 Å². The topological polar surface area (TPSA) is 31.4 Å². The van der Waals surface area contributed by atoms with Gasteiger partial charge in [-0.25, -0.2) is 0 Å². The van der Waals surface area contributed by atoms with Crippen molar-refractivity contribution < 1.29 is 9.47 Å². The van der Waals surface area contributed by atoms with Gasteiger partial charge in [0.15, 0.2) is 23.0 Å². The van der Waals surface area contributed by atoms with Gasteiger partial charge in [0.25, 0.3) is 0 Å². The van der Waals surface area contributed by atoms with Crippen molar-refractivity contribution in [1.29, 1.82) is 0 Å². The van der Waals surface area contributed by atoms with E-state index in [-0.39, 0.29) is 84.6 Å². The molecule has 12 heteroatoms. The molecule has 0 N–H and O–H groups in total. The number of allylic oxidation sites excluding steroid dienone is 16. The summed E-state index contributed by atoms with van der Waals surface area (Å²) in [6.07, 6.45) is 38.9. The highest BCUT2D eigenvalue weighted by molar-refractivity contribution is 8.00. The van der Waals surface area contributed by atoms with E-state index in [1.54, 1.807) is 0 Å². The Morgan fingerprint density at radius 1 is 0.194 bits per heavy atom. The van der Waals surface area contributed by atoms with E-state index in [4.69, 9.17) is 9.47 Å². The number of hydrogen-bond acceptors (Lipinski definition) is 8. The largest absolute Gasteiger partial charge is 0.453 e. The molecule has 0 amide bonds. The molecule has 2 spiro atoms. The number of nitrogens with zero attached hydrogens (tertiary/aromatic N) is 4. The van der Waals surface area contributed by atoms with E-state index in [0.717, 1.165) is 57.1 Å².